The molecule has 1 saturated heterocycles. The van der Waals surface area contributed by atoms with E-state index in [2.05, 4.69) is 11.1 Å². The first-order valence-corrected chi connectivity index (χ1v) is 8.99. The first-order valence-electron chi connectivity index (χ1n) is 8.99. The quantitative estimate of drug-likeness (QED) is 0.465. The summed E-state index contributed by atoms with van der Waals surface area (Å²) in [4.78, 5) is 46.1. The van der Waals surface area contributed by atoms with Gasteiger partial charge in [-0.25, -0.2) is 4.79 Å². The molecule has 30 heavy (non-hydrogen) atoms. The van der Waals surface area contributed by atoms with E-state index in [0.717, 1.165) is 12.8 Å². The summed E-state index contributed by atoms with van der Waals surface area (Å²) >= 11 is 0. The van der Waals surface area contributed by atoms with Gasteiger partial charge in [0.1, 0.15) is 18.1 Å². The van der Waals surface area contributed by atoms with E-state index >= 15 is 0 Å². The van der Waals surface area contributed by atoms with Gasteiger partial charge in [-0.2, -0.15) is 13.2 Å². The van der Waals surface area contributed by atoms with E-state index in [1.165, 1.54) is 13.0 Å². The number of nitrogens with one attached hydrogen (secondary N) is 1. The number of quaternary nitrogens is 1. The SMILES string of the molecule is CC(=O)N[C@@H]1[C@@H]([NH3+])C=C(C(=O)O)O[C@H]1C(=O)N1C(C)CCC1C.O=C([O-])C(F)(F)F. The second kappa shape index (κ2) is 9.78. The Kier molecular flexibility index (Phi) is 8.22. The minimum atomic E-state index is -5.19. The number of hydrogen-bond donors (Lipinski definition) is 3. The van der Waals surface area contributed by atoms with E-state index < -0.39 is 36.3 Å². The van der Waals surface area contributed by atoms with Gasteiger partial charge in [-0.15, -0.1) is 0 Å². The van der Waals surface area contributed by atoms with Crippen molar-refractivity contribution in [3.63, 3.8) is 0 Å². The summed E-state index contributed by atoms with van der Waals surface area (Å²) in [5.41, 5.74) is 3.86. The summed E-state index contributed by atoms with van der Waals surface area (Å²) < 4.78 is 37.0. The van der Waals surface area contributed by atoms with Gasteiger partial charge in [0.25, 0.3) is 5.91 Å². The number of alkyl halides is 3. The molecule has 13 heteroatoms. The lowest BCUT2D eigenvalue weighted by Crippen LogP contribution is -2.74. The lowest BCUT2D eigenvalue weighted by Gasteiger charge is -2.37. The smallest absolute Gasteiger partial charge is 0.430 e. The molecular weight excluding hydrogens is 415 g/mol. The second-order valence-electron chi connectivity index (χ2n) is 7.07. The molecule has 5 N–H and O–H groups in total. The van der Waals surface area contributed by atoms with E-state index in [1.807, 2.05) is 13.8 Å². The molecule has 2 heterocycles. The summed E-state index contributed by atoms with van der Waals surface area (Å²) in [5.74, 6) is -5.18. The zero-order chi connectivity index (χ0) is 23.4. The van der Waals surface area contributed by atoms with Crippen molar-refractivity contribution in [2.24, 2.45) is 0 Å². The fourth-order valence-corrected chi connectivity index (χ4v) is 3.29. The average Bonchev–Trinajstić information content (AvgIpc) is 2.93. The molecule has 5 atom stereocenters. The first kappa shape index (κ1) is 25.2. The van der Waals surface area contributed by atoms with Gasteiger partial charge in [0.15, 0.2) is 0 Å². The standard InChI is InChI=1S/C15H23N3O5.C2HF3O2/c1-7-4-5-8(2)18(7)14(20)13-12(17-9(3)19)10(16)6-11(23-13)15(21)22;3-2(4,5)1(6)7/h6-8,10,12-13H,4-5,16H2,1-3H3,(H,17,19)(H,21,22);(H,6,7)/t7?,8?,10-,12+,13+;/m0./s1. The molecule has 0 radical (unpaired) electrons. The maximum absolute atomic E-state index is 12.9. The number of carbonyl (C=O) groups excluding carboxylic acids is 3. The lowest BCUT2D eigenvalue weighted by atomic mass is 9.97. The Balaban J connectivity index is 0.000000553. The van der Waals surface area contributed by atoms with Crippen LogP contribution in [0.3, 0.4) is 0 Å². The Morgan fingerprint density at radius 1 is 1.23 bits per heavy atom. The van der Waals surface area contributed by atoms with E-state index in [9.17, 15) is 27.6 Å². The first-order chi connectivity index (χ1) is 13.7. The van der Waals surface area contributed by atoms with E-state index in [-0.39, 0.29) is 29.7 Å². The van der Waals surface area contributed by atoms with Crippen molar-refractivity contribution >= 4 is 23.8 Å². The number of amides is 2. The molecule has 0 aromatic heterocycles. The summed E-state index contributed by atoms with van der Waals surface area (Å²) in [5, 5.41) is 20.6. The number of carboxylic acids is 2. The average molecular weight is 439 g/mol. The van der Waals surface area contributed by atoms with E-state index in [4.69, 9.17) is 19.7 Å². The molecule has 1 fully saturated rings. The molecule has 2 unspecified atom stereocenters. The van der Waals surface area contributed by atoms with E-state index in [1.54, 1.807) is 4.90 Å². The highest BCUT2D eigenvalue weighted by Crippen LogP contribution is 2.27. The van der Waals surface area contributed by atoms with Crippen molar-refractivity contribution in [1.82, 2.24) is 10.2 Å². The summed E-state index contributed by atoms with van der Waals surface area (Å²) in [6.07, 6.45) is -3.18. The van der Waals surface area contributed by atoms with Crippen LogP contribution in [0.15, 0.2) is 11.8 Å². The van der Waals surface area contributed by atoms with Crippen molar-refractivity contribution < 1.29 is 53.0 Å². The van der Waals surface area contributed by atoms with Crippen LogP contribution in [-0.4, -0.2) is 70.2 Å². The zero-order valence-corrected chi connectivity index (χ0v) is 16.6. The number of rotatable bonds is 3. The van der Waals surface area contributed by atoms with E-state index in [0.29, 0.717) is 0 Å². The van der Waals surface area contributed by atoms with Gasteiger partial charge in [-0.3, -0.25) is 9.59 Å². The normalized spacial score (nSPS) is 28.4. The predicted molar refractivity (Wildman–Crippen MR) is 90.9 cm³/mol. The predicted octanol–water partition coefficient (Wildman–Crippen LogP) is -1.83. The van der Waals surface area contributed by atoms with Crippen LogP contribution in [0, 0.1) is 0 Å². The van der Waals surface area contributed by atoms with Gasteiger partial charge >= 0.3 is 12.1 Å². The Morgan fingerprint density at radius 3 is 2.07 bits per heavy atom. The molecule has 2 rings (SSSR count). The number of likely N-dealkylation sites (tertiary alicyclic amines) is 1. The molecule has 0 saturated carbocycles. The third-order valence-corrected chi connectivity index (χ3v) is 4.67. The van der Waals surface area contributed by atoms with Gasteiger partial charge in [0.05, 0.1) is 0 Å². The van der Waals surface area contributed by atoms with Crippen LogP contribution in [-0.2, 0) is 23.9 Å². The summed E-state index contributed by atoms with van der Waals surface area (Å²) in [6.45, 7) is 5.24. The van der Waals surface area contributed by atoms with Crippen molar-refractivity contribution in [3.05, 3.63) is 11.8 Å². The number of nitrogens with zero attached hydrogens (tertiary/aromatic N) is 1. The van der Waals surface area contributed by atoms with Gasteiger partial charge in [-0.05, 0) is 26.7 Å². The fraction of sp³-hybridized carbons (Fsp3) is 0.647. The molecule has 170 valence electrons. The van der Waals surface area contributed by atoms with Crippen LogP contribution in [0.2, 0.25) is 0 Å². The van der Waals surface area contributed by atoms with Gasteiger partial charge in [0.2, 0.25) is 17.8 Å². The highest BCUT2D eigenvalue weighted by molar-refractivity contribution is 5.88. The van der Waals surface area contributed by atoms with Crippen molar-refractivity contribution in [2.45, 2.75) is 70.1 Å². The fourth-order valence-electron chi connectivity index (χ4n) is 3.29. The number of hydrogen-bond acceptors (Lipinski definition) is 6. The molecule has 0 spiro atoms. The number of halogens is 3. The van der Waals surface area contributed by atoms with Gasteiger partial charge in [0, 0.05) is 25.1 Å². The van der Waals surface area contributed by atoms with Crippen LogP contribution in [0.1, 0.15) is 33.6 Å². The van der Waals surface area contributed by atoms with Crippen molar-refractivity contribution in [2.75, 3.05) is 0 Å². The number of carbonyl (C=O) groups is 4. The van der Waals surface area contributed by atoms with Crippen LogP contribution in [0.5, 0.6) is 0 Å². The largest absolute Gasteiger partial charge is 0.542 e. The van der Waals surface area contributed by atoms with Crippen LogP contribution < -0.4 is 16.2 Å². The van der Waals surface area contributed by atoms with Crippen LogP contribution in [0.25, 0.3) is 0 Å². The third kappa shape index (κ3) is 6.34. The summed E-state index contributed by atoms with van der Waals surface area (Å²) in [7, 11) is 0. The maximum atomic E-state index is 12.9. The molecule has 0 aromatic carbocycles. The molecule has 0 bridgehead atoms. The minimum absolute atomic E-state index is 0.0570. The molecule has 0 aromatic rings. The highest BCUT2D eigenvalue weighted by atomic mass is 19.4. The number of aliphatic carboxylic acids is 2. The Morgan fingerprint density at radius 2 is 1.70 bits per heavy atom. The molecule has 0 aliphatic carbocycles. The Bertz CT molecular complexity index is 716. The zero-order valence-electron chi connectivity index (χ0n) is 16.6. The Hall–Kier alpha value is -2.83. The van der Waals surface area contributed by atoms with Crippen LogP contribution in [0.4, 0.5) is 13.2 Å². The molecule has 2 amide bonds. The Labute approximate surface area is 169 Å². The number of carboxylic acid groups (broad SMARTS) is 2. The van der Waals surface area contributed by atoms with Crippen molar-refractivity contribution in [1.29, 1.82) is 0 Å². The summed E-state index contributed by atoms with van der Waals surface area (Å²) in [6, 6.07) is -1.15. The topological polar surface area (TPSA) is 164 Å². The van der Waals surface area contributed by atoms with Crippen LogP contribution >= 0.6 is 0 Å². The molecule has 2 aliphatic rings. The van der Waals surface area contributed by atoms with Crippen molar-refractivity contribution in [3.8, 4) is 0 Å². The molecule has 10 nitrogen and oxygen atoms in total. The van der Waals surface area contributed by atoms with Gasteiger partial charge in [-0.1, -0.05) is 0 Å². The monoisotopic (exact) mass is 439 g/mol. The molecular formula is C17H24F3N3O7. The highest BCUT2D eigenvalue weighted by Gasteiger charge is 2.46. The molecule has 2 aliphatic heterocycles. The maximum Gasteiger partial charge on any atom is 0.430 e. The second-order valence-corrected chi connectivity index (χ2v) is 7.07. The number of ether oxygens (including phenoxy) is 1. The lowest BCUT2D eigenvalue weighted by molar-refractivity contribution is -0.414. The van der Waals surface area contributed by atoms with Gasteiger partial charge < -0.3 is 35.7 Å². The minimum Gasteiger partial charge on any atom is -0.542 e. The third-order valence-electron chi connectivity index (χ3n) is 4.67.